The largest absolute Gasteiger partial charge is 0.392 e. The summed E-state index contributed by atoms with van der Waals surface area (Å²) in [5, 5.41) is 20.3. The fourth-order valence-electron chi connectivity index (χ4n) is 2.33. The molecule has 104 valence electrons. The van der Waals surface area contributed by atoms with Crippen molar-refractivity contribution >= 4 is 11.4 Å². The summed E-state index contributed by atoms with van der Waals surface area (Å²) in [7, 11) is 0. The van der Waals surface area contributed by atoms with Crippen LogP contribution in [0, 0.1) is 10.1 Å². The van der Waals surface area contributed by atoms with Crippen molar-refractivity contribution in [3.05, 3.63) is 28.6 Å². The summed E-state index contributed by atoms with van der Waals surface area (Å²) in [5.74, 6) is 0. The molecule has 1 aromatic rings. The minimum absolute atomic E-state index is 0.0477. The molecule has 1 atom stereocenters. The Kier molecular flexibility index (Phi) is 4.28. The Morgan fingerprint density at radius 1 is 1.47 bits per heavy atom. The van der Waals surface area contributed by atoms with E-state index in [2.05, 4.69) is 9.88 Å². The molecule has 1 saturated heterocycles. The molecular formula is C12H18N4O3. The lowest BCUT2D eigenvalue weighted by atomic mass is 10.2. The maximum atomic E-state index is 11.0. The number of aromatic nitrogens is 1. The summed E-state index contributed by atoms with van der Waals surface area (Å²) in [4.78, 5) is 18.5. The van der Waals surface area contributed by atoms with Gasteiger partial charge >= 0.3 is 5.69 Å². The van der Waals surface area contributed by atoms with Gasteiger partial charge in [0, 0.05) is 38.9 Å². The van der Waals surface area contributed by atoms with Gasteiger partial charge in [-0.1, -0.05) is 0 Å². The molecule has 1 aliphatic rings. The fraction of sp³-hybridized carbons (Fsp3) is 0.583. The Hall–Kier alpha value is -1.73. The Morgan fingerprint density at radius 3 is 2.74 bits per heavy atom. The number of aliphatic hydroxyl groups is 1. The van der Waals surface area contributed by atoms with Crippen LogP contribution < -0.4 is 4.90 Å². The Bertz CT molecular complexity index is 444. The first-order valence-corrected chi connectivity index (χ1v) is 6.31. The van der Waals surface area contributed by atoms with Crippen molar-refractivity contribution in [3.8, 4) is 0 Å². The molecule has 1 fully saturated rings. The molecule has 0 aromatic carbocycles. The fourth-order valence-corrected chi connectivity index (χ4v) is 2.33. The van der Waals surface area contributed by atoms with Crippen molar-refractivity contribution < 1.29 is 10.0 Å². The maximum absolute atomic E-state index is 11.0. The van der Waals surface area contributed by atoms with Crippen LogP contribution in [0.2, 0.25) is 0 Å². The monoisotopic (exact) mass is 266 g/mol. The van der Waals surface area contributed by atoms with Gasteiger partial charge < -0.3 is 10.0 Å². The molecule has 1 aliphatic heterocycles. The molecule has 0 aliphatic carbocycles. The van der Waals surface area contributed by atoms with Crippen LogP contribution in [-0.4, -0.2) is 58.7 Å². The zero-order chi connectivity index (χ0) is 13.8. The van der Waals surface area contributed by atoms with Crippen LogP contribution in [0.1, 0.15) is 6.92 Å². The first-order valence-electron chi connectivity index (χ1n) is 6.31. The second-order valence-electron chi connectivity index (χ2n) is 4.76. The molecule has 2 heterocycles. The Labute approximate surface area is 111 Å². The molecule has 1 N–H and O–H groups in total. The van der Waals surface area contributed by atoms with E-state index in [-0.39, 0.29) is 11.8 Å². The van der Waals surface area contributed by atoms with Crippen LogP contribution >= 0.6 is 0 Å². The minimum atomic E-state index is -0.398. The lowest BCUT2D eigenvalue weighted by Crippen LogP contribution is -2.48. The van der Waals surface area contributed by atoms with E-state index >= 15 is 0 Å². The number of rotatable bonds is 4. The second kappa shape index (κ2) is 5.94. The van der Waals surface area contributed by atoms with E-state index < -0.39 is 4.92 Å². The first-order chi connectivity index (χ1) is 9.08. The number of nitro groups is 1. The molecule has 0 radical (unpaired) electrons. The van der Waals surface area contributed by atoms with Crippen LogP contribution in [0.5, 0.6) is 0 Å². The third-order valence-corrected chi connectivity index (χ3v) is 3.21. The smallest absolute Gasteiger partial charge is 0.310 e. The van der Waals surface area contributed by atoms with Crippen LogP contribution in [0.15, 0.2) is 18.5 Å². The maximum Gasteiger partial charge on any atom is 0.310 e. The van der Waals surface area contributed by atoms with Gasteiger partial charge in [-0.2, -0.15) is 0 Å². The SMILES string of the molecule is C[C@H](O)CN1CCN(c2ccncc2[N+](=O)[O-])CC1. The van der Waals surface area contributed by atoms with Crippen molar-refractivity contribution in [3.63, 3.8) is 0 Å². The normalized spacial score (nSPS) is 18.3. The summed E-state index contributed by atoms with van der Waals surface area (Å²) in [5.41, 5.74) is 0.670. The predicted octanol–water partition coefficient (Wildman–Crippen LogP) is 0.493. The summed E-state index contributed by atoms with van der Waals surface area (Å²) in [6.45, 7) is 5.44. The van der Waals surface area contributed by atoms with Gasteiger partial charge in [-0.05, 0) is 13.0 Å². The minimum Gasteiger partial charge on any atom is -0.392 e. The third-order valence-electron chi connectivity index (χ3n) is 3.21. The lowest BCUT2D eigenvalue weighted by molar-refractivity contribution is -0.384. The number of pyridine rings is 1. The molecular weight excluding hydrogens is 248 g/mol. The van der Waals surface area contributed by atoms with Crippen LogP contribution in [0.3, 0.4) is 0 Å². The topological polar surface area (TPSA) is 82.7 Å². The molecule has 0 spiro atoms. The quantitative estimate of drug-likeness (QED) is 0.631. The van der Waals surface area contributed by atoms with Gasteiger partial charge in [0.25, 0.3) is 0 Å². The number of nitrogens with zero attached hydrogens (tertiary/aromatic N) is 4. The molecule has 19 heavy (non-hydrogen) atoms. The highest BCUT2D eigenvalue weighted by atomic mass is 16.6. The van der Waals surface area contributed by atoms with Crippen LogP contribution in [0.25, 0.3) is 0 Å². The summed E-state index contributed by atoms with van der Waals surface area (Å²) < 4.78 is 0. The summed E-state index contributed by atoms with van der Waals surface area (Å²) >= 11 is 0. The average molecular weight is 266 g/mol. The molecule has 7 nitrogen and oxygen atoms in total. The summed E-state index contributed by atoms with van der Waals surface area (Å²) in [6.07, 6.45) is 2.52. The van der Waals surface area contributed by atoms with Gasteiger partial charge in [-0.3, -0.25) is 20.0 Å². The number of aliphatic hydroxyl groups excluding tert-OH is 1. The van der Waals surface area contributed by atoms with Crippen molar-refractivity contribution in [1.29, 1.82) is 0 Å². The van der Waals surface area contributed by atoms with E-state index in [9.17, 15) is 15.2 Å². The highest BCUT2D eigenvalue weighted by Gasteiger charge is 2.23. The molecule has 7 heteroatoms. The van der Waals surface area contributed by atoms with Crippen molar-refractivity contribution in [2.75, 3.05) is 37.6 Å². The van der Waals surface area contributed by atoms with E-state index in [1.165, 1.54) is 6.20 Å². The lowest BCUT2D eigenvalue weighted by Gasteiger charge is -2.36. The number of piperazine rings is 1. The van der Waals surface area contributed by atoms with Gasteiger partial charge in [0.2, 0.25) is 0 Å². The van der Waals surface area contributed by atoms with Gasteiger partial charge in [0.1, 0.15) is 11.9 Å². The number of hydrogen-bond acceptors (Lipinski definition) is 6. The van der Waals surface area contributed by atoms with Gasteiger partial charge in [-0.15, -0.1) is 0 Å². The van der Waals surface area contributed by atoms with Crippen LogP contribution in [-0.2, 0) is 0 Å². The van der Waals surface area contributed by atoms with Gasteiger partial charge in [0.15, 0.2) is 0 Å². The van der Waals surface area contributed by atoms with Crippen molar-refractivity contribution in [2.45, 2.75) is 13.0 Å². The standard InChI is InChI=1S/C12H18N4O3/c1-10(17)9-14-4-6-15(7-5-14)11-2-3-13-8-12(11)16(18)19/h2-3,8,10,17H,4-7,9H2,1H3/t10-/m0/s1. The molecule has 0 bridgehead atoms. The second-order valence-corrected chi connectivity index (χ2v) is 4.76. The number of hydrogen-bond donors (Lipinski definition) is 1. The molecule has 0 unspecified atom stereocenters. The van der Waals surface area contributed by atoms with Crippen LogP contribution in [0.4, 0.5) is 11.4 Å². The highest BCUT2D eigenvalue weighted by molar-refractivity contribution is 5.61. The zero-order valence-corrected chi connectivity index (χ0v) is 10.9. The van der Waals surface area contributed by atoms with E-state index in [4.69, 9.17) is 0 Å². The van der Waals surface area contributed by atoms with E-state index in [0.717, 1.165) is 26.2 Å². The number of β-amino-alcohol motifs (C(OH)–C–C–N with tert-alkyl or cyclic N) is 1. The van der Waals surface area contributed by atoms with Gasteiger partial charge in [0.05, 0.1) is 11.0 Å². The van der Waals surface area contributed by atoms with Crippen molar-refractivity contribution in [1.82, 2.24) is 9.88 Å². The van der Waals surface area contributed by atoms with Gasteiger partial charge in [-0.25, -0.2) is 0 Å². The molecule has 0 amide bonds. The third kappa shape index (κ3) is 3.39. The first kappa shape index (κ1) is 13.7. The molecule has 0 saturated carbocycles. The Balaban J connectivity index is 2.04. The zero-order valence-electron chi connectivity index (χ0n) is 10.9. The molecule has 1 aromatic heterocycles. The van der Waals surface area contributed by atoms with Crippen molar-refractivity contribution in [2.24, 2.45) is 0 Å². The average Bonchev–Trinajstić information content (AvgIpc) is 2.39. The molecule has 2 rings (SSSR count). The predicted molar refractivity (Wildman–Crippen MR) is 71.2 cm³/mol. The van der Waals surface area contributed by atoms with E-state index in [1.54, 1.807) is 19.2 Å². The summed E-state index contributed by atoms with van der Waals surface area (Å²) in [6, 6.07) is 1.68. The van der Waals surface area contributed by atoms with E-state index in [0.29, 0.717) is 12.2 Å². The van der Waals surface area contributed by atoms with E-state index in [1.807, 2.05) is 4.90 Å². The highest BCUT2D eigenvalue weighted by Crippen LogP contribution is 2.27. The Morgan fingerprint density at radius 2 is 2.16 bits per heavy atom. The number of anilines is 1.